The lowest BCUT2D eigenvalue weighted by Crippen LogP contribution is -2.29. The van der Waals surface area contributed by atoms with Crippen LogP contribution in [0.3, 0.4) is 0 Å². The molecule has 8 nitrogen and oxygen atoms in total. The van der Waals surface area contributed by atoms with Crippen LogP contribution >= 0.6 is 0 Å². The number of fused-ring (bicyclic) bond motifs is 1. The number of hydrogen-bond donors (Lipinski definition) is 2. The molecule has 0 aliphatic rings. The van der Waals surface area contributed by atoms with Gasteiger partial charge >= 0.3 is 11.8 Å². The normalized spacial score (nSPS) is 10.2. The van der Waals surface area contributed by atoms with Crippen LogP contribution in [0.4, 0.5) is 17.1 Å². The fourth-order valence-electron chi connectivity index (χ4n) is 2.27. The average Bonchev–Trinajstić information content (AvgIpc) is 2.62. The van der Waals surface area contributed by atoms with Crippen LogP contribution in [0.15, 0.2) is 60.8 Å². The van der Waals surface area contributed by atoms with Gasteiger partial charge in [-0.3, -0.25) is 24.7 Å². The van der Waals surface area contributed by atoms with Crippen molar-refractivity contribution >= 4 is 39.8 Å². The lowest BCUT2D eigenvalue weighted by Gasteiger charge is -2.08. The Balaban J connectivity index is 1.76. The molecule has 1 aromatic heterocycles. The molecule has 1 heterocycles. The smallest absolute Gasteiger partial charge is 0.314 e. The number of benzene rings is 2. The summed E-state index contributed by atoms with van der Waals surface area (Å²) in [5.41, 5.74) is 0.931. The van der Waals surface area contributed by atoms with Crippen molar-refractivity contribution in [1.29, 1.82) is 0 Å². The molecule has 0 aliphatic carbocycles. The van der Waals surface area contributed by atoms with E-state index in [-0.39, 0.29) is 11.4 Å². The molecule has 0 atom stereocenters. The van der Waals surface area contributed by atoms with Crippen molar-refractivity contribution in [2.24, 2.45) is 0 Å². The van der Waals surface area contributed by atoms with Gasteiger partial charge in [-0.15, -0.1) is 0 Å². The Hall–Kier alpha value is -3.81. The van der Waals surface area contributed by atoms with Gasteiger partial charge in [0.05, 0.1) is 16.1 Å². The minimum Gasteiger partial charge on any atom is -0.318 e. The number of amides is 2. The molecule has 8 heteroatoms. The second-order valence-corrected chi connectivity index (χ2v) is 5.10. The minimum absolute atomic E-state index is 0.158. The molecule has 0 saturated heterocycles. The first-order valence-corrected chi connectivity index (χ1v) is 7.25. The number of nitrogens with zero attached hydrogens (tertiary/aromatic N) is 2. The van der Waals surface area contributed by atoms with Gasteiger partial charge < -0.3 is 10.6 Å². The van der Waals surface area contributed by atoms with Gasteiger partial charge in [0.2, 0.25) is 0 Å². The van der Waals surface area contributed by atoms with Crippen molar-refractivity contribution in [3.63, 3.8) is 0 Å². The van der Waals surface area contributed by atoms with Crippen LogP contribution in [0, 0.1) is 10.1 Å². The first kappa shape index (κ1) is 16.1. The zero-order valence-electron chi connectivity index (χ0n) is 12.8. The summed E-state index contributed by atoms with van der Waals surface area (Å²) in [7, 11) is 0. The molecule has 0 spiro atoms. The molecular formula is C17H12N4O4. The lowest BCUT2D eigenvalue weighted by atomic mass is 10.2. The van der Waals surface area contributed by atoms with Crippen LogP contribution in [0.25, 0.3) is 10.9 Å². The topological polar surface area (TPSA) is 114 Å². The van der Waals surface area contributed by atoms with Crippen LogP contribution in [0.1, 0.15) is 0 Å². The first-order valence-electron chi connectivity index (χ1n) is 7.25. The summed E-state index contributed by atoms with van der Waals surface area (Å²) in [6.45, 7) is 0. The van der Waals surface area contributed by atoms with Crippen molar-refractivity contribution in [2.75, 3.05) is 10.6 Å². The number of hydrogen-bond acceptors (Lipinski definition) is 5. The Morgan fingerprint density at radius 3 is 2.48 bits per heavy atom. The molecular weight excluding hydrogens is 324 g/mol. The molecule has 2 aromatic carbocycles. The Morgan fingerprint density at radius 1 is 0.960 bits per heavy atom. The van der Waals surface area contributed by atoms with E-state index in [4.69, 9.17) is 0 Å². The summed E-state index contributed by atoms with van der Waals surface area (Å²) < 4.78 is 0. The maximum atomic E-state index is 12.1. The summed E-state index contributed by atoms with van der Waals surface area (Å²) in [5, 5.41) is 16.4. The number of aromatic nitrogens is 1. The fraction of sp³-hybridized carbons (Fsp3) is 0. The molecule has 0 unspecified atom stereocenters. The highest BCUT2D eigenvalue weighted by Crippen LogP contribution is 2.21. The molecule has 3 aromatic rings. The van der Waals surface area contributed by atoms with E-state index in [0.29, 0.717) is 11.2 Å². The molecule has 0 bridgehead atoms. The predicted octanol–water partition coefficient (Wildman–Crippen LogP) is 2.72. The maximum absolute atomic E-state index is 12.1. The van der Waals surface area contributed by atoms with Gasteiger partial charge in [-0.1, -0.05) is 24.3 Å². The average molecular weight is 336 g/mol. The third-order valence-electron chi connectivity index (χ3n) is 3.40. The Labute approximate surface area is 141 Å². The molecule has 2 N–H and O–H groups in total. The van der Waals surface area contributed by atoms with E-state index >= 15 is 0 Å². The number of nitrogens with one attached hydrogen (secondary N) is 2. The molecule has 0 saturated carbocycles. The number of pyridine rings is 1. The van der Waals surface area contributed by atoms with Crippen molar-refractivity contribution in [3.05, 3.63) is 70.9 Å². The molecule has 25 heavy (non-hydrogen) atoms. The third kappa shape index (κ3) is 3.58. The standard InChI is InChI=1S/C17H12N4O4/c22-16(19-12-6-2-7-13(10-12)21(24)25)17(23)20-14-8-1-4-11-5-3-9-18-15(11)14/h1-10H,(H,19,22)(H,20,23). The van der Waals surface area contributed by atoms with Gasteiger partial charge in [-0.2, -0.15) is 0 Å². The van der Waals surface area contributed by atoms with Crippen molar-refractivity contribution in [1.82, 2.24) is 4.98 Å². The third-order valence-corrected chi connectivity index (χ3v) is 3.40. The summed E-state index contributed by atoms with van der Waals surface area (Å²) in [5.74, 6) is -1.84. The van der Waals surface area contributed by atoms with Crippen molar-refractivity contribution in [2.45, 2.75) is 0 Å². The second kappa shape index (κ2) is 6.75. The molecule has 124 valence electrons. The summed E-state index contributed by atoms with van der Waals surface area (Å²) in [6, 6.07) is 14.1. The van der Waals surface area contributed by atoms with Gasteiger partial charge in [0, 0.05) is 29.4 Å². The van der Waals surface area contributed by atoms with Gasteiger partial charge in [-0.05, 0) is 18.2 Å². The van der Waals surface area contributed by atoms with Gasteiger partial charge in [0.15, 0.2) is 0 Å². The second-order valence-electron chi connectivity index (χ2n) is 5.10. The lowest BCUT2D eigenvalue weighted by molar-refractivity contribution is -0.384. The van der Waals surface area contributed by atoms with Crippen LogP contribution in [0.2, 0.25) is 0 Å². The highest BCUT2D eigenvalue weighted by atomic mass is 16.6. The van der Waals surface area contributed by atoms with Gasteiger partial charge in [0.1, 0.15) is 0 Å². The molecule has 3 rings (SSSR count). The quantitative estimate of drug-likeness (QED) is 0.433. The Morgan fingerprint density at radius 2 is 1.68 bits per heavy atom. The zero-order valence-corrected chi connectivity index (χ0v) is 12.8. The number of non-ortho nitro benzene ring substituents is 1. The van der Waals surface area contributed by atoms with Crippen LogP contribution in [-0.2, 0) is 9.59 Å². The molecule has 2 amide bonds. The SMILES string of the molecule is O=C(Nc1cccc([N+](=O)[O-])c1)C(=O)Nc1cccc2cccnc12. The number of carbonyl (C=O) groups excluding carboxylic acids is 2. The zero-order chi connectivity index (χ0) is 17.8. The molecule has 0 fully saturated rings. The largest absolute Gasteiger partial charge is 0.318 e. The van der Waals surface area contributed by atoms with E-state index in [2.05, 4.69) is 15.6 Å². The Bertz CT molecular complexity index is 982. The van der Waals surface area contributed by atoms with Gasteiger partial charge in [0.25, 0.3) is 5.69 Å². The van der Waals surface area contributed by atoms with Gasteiger partial charge in [-0.25, -0.2) is 0 Å². The van der Waals surface area contributed by atoms with E-state index in [1.807, 2.05) is 12.1 Å². The maximum Gasteiger partial charge on any atom is 0.314 e. The number of para-hydroxylation sites is 1. The Kier molecular flexibility index (Phi) is 4.34. The number of anilines is 2. The fourth-order valence-corrected chi connectivity index (χ4v) is 2.27. The summed E-state index contributed by atoms with van der Waals surface area (Å²) >= 11 is 0. The summed E-state index contributed by atoms with van der Waals surface area (Å²) in [4.78, 5) is 38.5. The van der Waals surface area contributed by atoms with E-state index in [1.54, 1.807) is 24.4 Å². The number of nitro groups is 1. The monoisotopic (exact) mass is 336 g/mol. The number of nitro benzene ring substituents is 1. The van der Waals surface area contributed by atoms with E-state index < -0.39 is 16.7 Å². The molecule has 0 radical (unpaired) electrons. The van der Waals surface area contributed by atoms with E-state index in [1.165, 1.54) is 24.3 Å². The van der Waals surface area contributed by atoms with Crippen LogP contribution < -0.4 is 10.6 Å². The number of carbonyl (C=O) groups is 2. The highest BCUT2D eigenvalue weighted by molar-refractivity contribution is 6.44. The molecule has 0 aliphatic heterocycles. The first-order chi connectivity index (χ1) is 12.0. The van der Waals surface area contributed by atoms with E-state index in [9.17, 15) is 19.7 Å². The van der Waals surface area contributed by atoms with Crippen molar-refractivity contribution in [3.8, 4) is 0 Å². The highest BCUT2D eigenvalue weighted by Gasteiger charge is 2.16. The van der Waals surface area contributed by atoms with E-state index in [0.717, 1.165) is 5.39 Å². The van der Waals surface area contributed by atoms with Crippen LogP contribution in [-0.4, -0.2) is 21.7 Å². The van der Waals surface area contributed by atoms with Crippen LogP contribution in [0.5, 0.6) is 0 Å². The summed E-state index contributed by atoms with van der Waals surface area (Å²) in [6.07, 6.45) is 1.58. The van der Waals surface area contributed by atoms with Crippen molar-refractivity contribution < 1.29 is 14.5 Å². The minimum atomic E-state index is -0.937. The predicted molar refractivity (Wildman–Crippen MR) is 92.1 cm³/mol. The number of rotatable bonds is 3.